The topological polar surface area (TPSA) is 69.2 Å². The van der Waals surface area contributed by atoms with Crippen molar-refractivity contribution in [3.05, 3.63) is 0 Å². The van der Waals surface area contributed by atoms with Gasteiger partial charge in [0.05, 0.1) is 0 Å². The van der Waals surface area contributed by atoms with Crippen LogP contribution in [0.1, 0.15) is 0 Å². The molecular formula is AlO3P-3. The first-order chi connectivity index (χ1) is 1.73. The van der Waals surface area contributed by atoms with Gasteiger partial charge in [0, 0.05) is 17.4 Å². The average molecular weight is 106 g/mol. The zero-order chi connectivity index (χ0) is 3.58. The molecule has 0 bridgehead atoms. The Morgan fingerprint density at radius 3 is 1.00 bits per heavy atom. The molecule has 0 aromatic heterocycles. The molecule has 0 rings (SSSR count). The second kappa shape index (κ2) is 4.84. The van der Waals surface area contributed by atoms with Crippen LogP contribution in [0.5, 0.6) is 0 Å². The Hall–Kier alpha value is 0.842. The van der Waals surface area contributed by atoms with Crippen molar-refractivity contribution >= 4 is 26.0 Å². The average Bonchev–Trinajstić information content (AvgIpc) is 0.811. The van der Waals surface area contributed by atoms with E-state index in [0.29, 0.717) is 0 Å². The van der Waals surface area contributed by atoms with Gasteiger partial charge in [-0.2, -0.15) is 0 Å². The van der Waals surface area contributed by atoms with Gasteiger partial charge in [0.2, 0.25) is 0 Å². The lowest BCUT2D eigenvalue weighted by atomic mass is 15.8. The van der Waals surface area contributed by atoms with Gasteiger partial charge in [-0.25, -0.2) is 0 Å². The van der Waals surface area contributed by atoms with Gasteiger partial charge < -0.3 is 23.3 Å². The predicted molar refractivity (Wildman–Crippen MR) is 12.7 cm³/mol. The summed E-state index contributed by atoms with van der Waals surface area (Å²) in [6.45, 7) is 0. The summed E-state index contributed by atoms with van der Waals surface area (Å²) in [5, 5.41) is 0. The highest BCUT2D eigenvalue weighted by Gasteiger charge is 1.10. The third-order valence-corrected chi connectivity index (χ3v) is 0. The standard InChI is InChI=1S/Al.O3P/c;1-4(2)3/q;-3. The Balaban J connectivity index is 0. The SMILES string of the molecule is [Al].[O-]P([O-])[O-]. The molecule has 0 saturated heterocycles. The molecule has 0 aromatic rings. The van der Waals surface area contributed by atoms with E-state index in [0.717, 1.165) is 0 Å². The minimum Gasteiger partial charge on any atom is -0.854 e. The van der Waals surface area contributed by atoms with Crippen LogP contribution in [0.4, 0.5) is 0 Å². The molecule has 0 fully saturated rings. The van der Waals surface area contributed by atoms with Crippen LogP contribution >= 0.6 is 8.60 Å². The van der Waals surface area contributed by atoms with Crippen LogP contribution in [0, 0.1) is 0 Å². The second-order valence-electron chi connectivity index (χ2n) is 0.224. The number of hydrogen-bond acceptors (Lipinski definition) is 3. The quantitative estimate of drug-likeness (QED) is 0.243. The monoisotopic (exact) mass is 106 g/mol. The van der Waals surface area contributed by atoms with Crippen molar-refractivity contribution < 1.29 is 14.7 Å². The summed E-state index contributed by atoms with van der Waals surface area (Å²) in [6, 6.07) is 0. The third-order valence-electron chi connectivity index (χ3n) is 0. The van der Waals surface area contributed by atoms with Crippen LogP contribution in [0.15, 0.2) is 0 Å². The van der Waals surface area contributed by atoms with Gasteiger partial charge in [0.1, 0.15) is 0 Å². The van der Waals surface area contributed by atoms with E-state index in [1.165, 1.54) is 0 Å². The molecule has 29 valence electrons. The van der Waals surface area contributed by atoms with E-state index in [9.17, 15) is 0 Å². The zero-order valence-corrected chi connectivity index (χ0v) is 4.30. The molecule has 3 radical (unpaired) electrons. The highest BCUT2D eigenvalue weighted by molar-refractivity contribution is 7.33. The van der Waals surface area contributed by atoms with E-state index in [4.69, 9.17) is 14.7 Å². The van der Waals surface area contributed by atoms with Crippen LogP contribution < -0.4 is 14.7 Å². The van der Waals surface area contributed by atoms with Crippen molar-refractivity contribution in [2.45, 2.75) is 0 Å². The molecule has 0 aromatic carbocycles. The van der Waals surface area contributed by atoms with E-state index >= 15 is 0 Å². The van der Waals surface area contributed by atoms with Crippen molar-refractivity contribution in [3.8, 4) is 0 Å². The van der Waals surface area contributed by atoms with Crippen molar-refractivity contribution in [1.29, 1.82) is 0 Å². The molecule has 5 heavy (non-hydrogen) atoms. The predicted octanol–water partition coefficient (Wildman–Crippen LogP) is -3.09. The molecular weight excluding hydrogens is 106 g/mol. The molecule has 3 nitrogen and oxygen atoms in total. The van der Waals surface area contributed by atoms with E-state index < -0.39 is 8.60 Å². The van der Waals surface area contributed by atoms with Crippen LogP contribution in [0.3, 0.4) is 0 Å². The molecule has 5 heteroatoms. The first-order valence-electron chi connectivity index (χ1n) is 0.548. The Morgan fingerprint density at radius 2 is 1.00 bits per heavy atom. The van der Waals surface area contributed by atoms with Gasteiger partial charge in [-0.15, -0.1) is 0 Å². The fourth-order valence-electron chi connectivity index (χ4n) is 0. The lowest BCUT2D eigenvalue weighted by Crippen LogP contribution is -2.18. The fraction of sp³-hybridized carbons (Fsp3) is 0. The molecule has 0 N–H and O–H groups in total. The van der Waals surface area contributed by atoms with Crippen LogP contribution in [-0.2, 0) is 0 Å². The van der Waals surface area contributed by atoms with Gasteiger partial charge in [-0.3, -0.25) is 0 Å². The summed E-state index contributed by atoms with van der Waals surface area (Å²) in [6.07, 6.45) is 0. The molecule has 0 spiro atoms. The molecule has 0 unspecified atom stereocenters. The molecule has 0 atom stereocenters. The van der Waals surface area contributed by atoms with Crippen LogP contribution in [0.2, 0.25) is 0 Å². The van der Waals surface area contributed by atoms with Crippen molar-refractivity contribution in [2.24, 2.45) is 0 Å². The van der Waals surface area contributed by atoms with Crippen molar-refractivity contribution in [2.75, 3.05) is 0 Å². The van der Waals surface area contributed by atoms with Gasteiger partial charge >= 0.3 is 0 Å². The summed E-state index contributed by atoms with van der Waals surface area (Å²) < 4.78 is 0. The summed E-state index contributed by atoms with van der Waals surface area (Å²) in [5.41, 5.74) is 0. The van der Waals surface area contributed by atoms with Crippen molar-refractivity contribution in [3.63, 3.8) is 0 Å². The zero-order valence-electron chi connectivity index (χ0n) is 2.25. The highest BCUT2D eigenvalue weighted by atomic mass is 31.2. The van der Waals surface area contributed by atoms with Gasteiger partial charge in [-0.1, -0.05) is 0 Å². The number of hydrogen-bond donors (Lipinski definition) is 0. The Morgan fingerprint density at radius 1 is 1.00 bits per heavy atom. The van der Waals surface area contributed by atoms with Crippen molar-refractivity contribution in [1.82, 2.24) is 0 Å². The minimum absolute atomic E-state index is 0. The van der Waals surface area contributed by atoms with Gasteiger partial charge in [0.25, 0.3) is 0 Å². The first kappa shape index (κ1) is 9.28. The molecule has 0 aliphatic rings. The Kier molecular flexibility index (Phi) is 8.99. The lowest BCUT2D eigenvalue weighted by molar-refractivity contribution is -0.407. The summed E-state index contributed by atoms with van der Waals surface area (Å²) in [7, 11) is -3.37. The molecule has 0 aliphatic heterocycles. The fourth-order valence-corrected chi connectivity index (χ4v) is 0. The smallest absolute Gasteiger partial charge is 0 e. The maximum atomic E-state index is 8.48. The van der Waals surface area contributed by atoms with Crippen LogP contribution in [-0.4, -0.2) is 17.4 Å². The van der Waals surface area contributed by atoms with E-state index in [-0.39, 0.29) is 17.4 Å². The Labute approximate surface area is 41.4 Å². The highest BCUT2D eigenvalue weighted by Crippen LogP contribution is 1.85. The van der Waals surface area contributed by atoms with Crippen LogP contribution in [0.25, 0.3) is 0 Å². The normalized spacial score (nSPS) is 7.20. The summed E-state index contributed by atoms with van der Waals surface area (Å²) >= 11 is 0. The van der Waals surface area contributed by atoms with Gasteiger partial charge in [0.15, 0.2) is 0 Å². The minimum atomic E-state index is -3.37. The summed E-state index contributed by atoms with van der Waals surface area (Å²) in [4.78, 5) is 25.4. The molecule has 0 saturated carbocycles. The summed E-state index contributed by atoms with van der Waals surface area (Å²) in [5.74, 6) is 0. The van der Waals surface area contributed by atoms with E-state index in [2.05, 4.69) is 0 Å². The molecule has 0 aliphatic carbocycles. The van der Waals surface area contributed by atoms with E-state index in [1.54, 1.807) is 0 Å². The number of rotatable bonds is 0. The molecule has 0 heterocycles. The third kappa shape index (κ3) is 55.1. The second-order valence-corrected chi connectivity index (χ2v) is 0.671. The lowest BCUT2D eigenvalue weighted by Gasteiger charge is -2.39. The van der Waals surface area contributed by atoms with E-state index in [1.807, 2.05) is 0 Å². The maximum Gasteiger partial charge on any atom is 0 e. The largest absolute Gasteiger partial charge is 0.854 e. The first-order valence-corrected chi connectivity index (χ1v) is 1.64. The Bertz CT molecular complexity index is 11.6. The maximum absolute atomic E-state index is 8.48. The molecule has 0 amide bonds. The van der Waals surface area contributed by atoms with Gasteiger partial charge in [-0.05, 0) is 0 Å².